The number of hydrogen-bond donors (Lipinski definition) is 1. The molecule has 0 heterocycles. The number of carbonyl (C=O) groups excluding carboxylic acids is 2. The molecule has 0 aliphatic rings. The van der Waals surface area contributed by atoms with Crippen LogP contribution in [0.2, 0.25) is 0 Å². The predicted octanol–water partition coefficient (Wildman–Crippen LogP) is 4.03. The van der Waals surface area contributed by atoms with E-state index in [0.717, 1.165) is 11.3 Å². The molecule has 0 fully saturated rings. The fraction of sp³-hybridized carbons (Fsp3) is 0.333. The molecular weight excluding hydrogens is 330 g/mol. The van der Waals surface area contributed by atoms with E-state index in [4.69, 9.17) is 9.47 Å². The lowest BCUT2D eigenvalue weighted by Gasteiger charge is -2.14. The van der Waals surface area contributed by atoms with E-state index in [2.05, 4.69) is 5.32 Å². The van der Waals surface area contributed by atoms with Crippen molar-refractivity contribution in [1.82, 2.24) is 0 Å². The van der Waals surface area contributed by atoms with Crippen LogP contribution in [-0.4, -0.2) is 24.6 Å². The van der Waals surface area contributed by atoms with Crippen molar-refractivity contribution in [2.45, 2.75) is 39.7 Å². The number of esters is 1. The van der Waals surface area contributed by atoms with E-state index < -0.39 is 12.1 Å². The maximum Gasteiger partial charge on any atom is 0.306 e. The van der Waals surface area contributed by atoms with Gasteiger partial charge in [-0.3, -0.25) is 9.59 Å². The van der Waals surface area contributed by atoms with Gasteiger partial charge in [-0.25, -0.2) is 0 Å². The molecule has 0 radical (unpaired) electrons. The van der Waals surface area contributed by atoms with Gasteiger partial charge in [-0.1, -0.05) is 35.4 Å². The molecule has 0 saturated carbocycles. The van der Waals surface area contributed by atoms with Crippen LogP contribution in [0.4, 0.5) is 5.69 Å². The first kappa shape index (κ1) is 19.5. The Morgan fingerprint density at radius 3 is 2.15 bits per heavy atom. The summed E-state index contributed by atoms with van der Waals surface area (Å²) in [5, 5.41) is 2.73. The third kappa shape index (κ3) is 6.59. The average Bonchev–Trinajstić information content (AvgIpc) is 2.62. The number of aryl methyl sites for hydroxylation is 2. The molecule has 0 aliphatic carbocycles. The molecule has 5 heteroatoms. The average molecular weight is 355 g/mol. The Morgan fingerprint density at radius 1 is 0.962 bits per heavy atom. The molecule has 1 N–H and O–H groups in total. The Morgan fingerprint density at radius 2 is 1.54 bits per heavy atom. The van der Waals surface area contributed by atoms with Gasteiger partial charge in [0, 0.05) is 12.1 Å². The van der Waals surface area contributed by atoms with E-state index in [9.17, 15) is 9.59 Å². The molecule has 0 saturated heterocycles. The smallest absolute Gasteiger partial charge is 0.306 e. The van der Waals surface area contributed by atoms with E-state index in [-0.39, 0.29) is 12.3 Å². The van der Waals surface area contributed by atoms with Crippen LogP contribution in [0.5, 0.6) is 5.75 Å². The maximum atomic E-state index is 12.1. The van der Waals surface area contributed by atoms with Crippen LogP contribution in [0.25, 0.3) is 0 Å². The van der Waals surface area contributed by atoms with Crippen molar-refractivity contribution in [3.05, 3.63) is 59.7 Å². The van der Waals surface area contributed by atoms with Crippen LogP contribution < -0.4 is 10.1 Å². The number of benzene rings is 2. The maximum absolute atomic E-state index is 12.1. The van der Waals surface area contributed by atoms with E-state index in [1.807, 2.05) is 62.4 Å². The number of ether oxygens (including phenoxy) is 2. The molecule has 1 amide bonds. The Balaban J connectivity index is 1.66. The van der Waals surface area contributed by atoms with Crippen LogP contribution in [0.1, 0.15) is 30.9 Å². The molecule has 26 heavy (non-hydrogen) atoms. The minimum atomic E-state index is -0.846. The highest BCUT2D eigenvalue weighted by Gasteiger charge is 2.17. The summed E-state index contributed by atoms with van der Waals surface area (Å²) in [6.07, 6.45) is -0.116. The SMILES string of the molecule is Cc1ccc(NC(=O)[C@H](C)OC(=O)CCCOc2ccc(C)cc2)cc1. The van der Waals surface area contributed by atoms with Gasteiger partial charge in [0.1, 0.15) is 5.75 Å². The highest BCUT2D eigenvalue weighted by Crippen LogP contribution is 2.12. The molecule has 1 atom stereocenters. The summed E-state index contributed by atoms with van der Waals surface area (Å²) in [6, 6.07) is 15.2. The number of anilines is 1. The molecule has 0 bridgehead atoms. The topological polar surface area (TPSA) is 64.6 Å². The van der Waals surface area contributed by atoms with Crippen LogP contribution in [-0.2, 0) is 14.3 Å². The third-order valence-electron chi connectivity index (χ3n) is 3.81. The molecule has 0 unspecified atom stereocenters. The lowest BCUT2D eigenvalue weighted by molar-refractivity contribution is -0.153. The van der Waals surface area contributed by atoms with Gasteiger partial charge < -0.3 is 14.8 Å². The third-order valence-corrected chi connectivity index (χ3v) is 3.81. The summed E-state index contributed by atoms with van der Waals surface area (Å²) in [6.45, 7) is 5.96. The van der Waals surface area contributed by atoms with Gasteiger partial charge in [0.25, 0.3) is 5.91 Å². The first-order valence-corrected chi connectivity index (χ1v) is 8.70. The summed E-state index contributed by atoms with van der Waals surface area (Å²) in [5.41, 5.74) is 2.95. The monoisotopic (exact) mass is 355 g/mol. The zero-order valence-corrected chi connectivity index (χ0v) is 15.5. The number of rotatable bonds is 8. The van der Waals surface area contributed by atoms with Crippen molar-refractivity contribution in [2.24, 2.45) is 0 Å². The van der Waals surface area contributed by atoms with Crippen molar-refractivity contribution < 1.29 is 19.1 Å². The molecule has 0 spiro atoms. The standard InChI is InChI=1S/C21H25NO4/c1-15-6-10-18(11-7-15)22-21(24)17(3)26-20(23)5-4-14-25-19-12-8-16(2)9-13-19/h6-13,17H,4-5,14H2,1-3H3,(H,22,24)/t17-/m0/s1. The van der Waals surface area contributed by atoms with Crippen molar-refractivity contribution in [1.29, 1.82) is 0 Å². The normalized spacial score (nSPS) is 11.5. The fourth-order valence-electron chi connectivity index (χ4n) is 2.23. The van der Waals surface area contributed by atoms with Gasteiger partial charge >= 0.3 is 5.97 Å². The minimum absolute atomic E-state index is 0.202. The summed E-state index contributed by atoms with van der Waals surface area (Å²) in [5.74, 6) is 0.0111. The molecule has 138 valence electrons. The van der Waals surface area contributed by atoms with Gasteiger partial charge in [0.05, 0.1) is 6.61 Å². The Hall–Kier alpha value is -2.82. The Bertz CT molecular complexity index is 723. The van der Waals surface area contributed by atoms with Gasteiger partial charge in [-0.05, 0) is 51.5 Å². The van der Waals surface area contributed by atoms with Gasteiger partial charge in [0.2, 0.25) is 0 Å². The van der Waals surface area contributed by atoms with Crippen molar-refractivity contribution in [3.63, 3.8) is 0 Å². The molecular formula is C21H25NO4. The van der Waals surface area contributed by atoms with Crippen LogP contribution in [0.3, 0.4) is 0 Å². The first-order chi connectivity index (χ1) is 12.4. The fourth-order valence-corrected chi connectivity index (χ4v) is 2.23. The zero-order chi connectivity index (χ0) is 18.9. The first-order valence-electron chi connectivity index (χ1n) is 8.70. The van der Waals surface area contributed by atoms with Gasteiger partial charge in [-0.2, -0.15) is 0 Å². The molecule has 0 aliphatic heterocycles. The molecule has 5 nitrogen and oxygen atoms in total. The Kier molecular flexibility index (Phi) is 7.21. The van der Waals surface area contributed by atoms with Crippen molar-refractivity contribution >= 4 is 17.6 Å². The van der Waals surface area contributed by atoms with E-state index in [0.29, 0.717) is 18.7 Å². The van der Waals surface area contributed by atoms with Crippen molar-refractivity contribution in [2.75, 3.05) is 11.9 Å². The lowest BCUT2D eigenvalue weighted by atomic mass is 10.2. The Labute approximate surface area is 154 Å². The zero-order valence-electron chi connectivity index (χ0n) is 15.5. The quantitative estimate of drug-likeness (QED) is 0.573. The number of carbonyl (C=O) groups is 2. The van der Waals surface area contributed by atoms with E-state index >= 15 is 0 Å². The lowest BCUT2D eigenvalue weighted by Crippen LogP contribution is -2.30. The largest absolute Gasteiger partial charge is 0.494 e. The number of hydrogen-bond acceptors (Lipinski definition) is 4. The molecule has 2 aromatic rings. The minimum Gasteiger partial charge on any atom is -0.494 e. The molecule has 2 aromatic carbocycles. The number of amides is 1. The van der Waals surface area contributed by atoms with Crippen LogP contribution in [0, 0.1) is 13.8 Å². The van der Waals surface area contributed by atoms with Gasteiger partial charge in [-0.15, -0.1) is 0 Å². The van der Waals surface area contributed by atoms with E-state index in [1.165, 1.54) is 5.56 Å². The van der Waals surface area contributed by atoms with Gasteiger partial charge in [0.15, 0.2) is 6.10 Å². The second kappa shape index (κ2) is 9.61. The van der Waals surface area contributed by atoms with Crippen molar-refractivity contribution in [3.8, 4) is 5.75 Å². The molecule has 2 rings (SSSR count). The van der Waals surface area contributed by atoms with Crippen LogP contribution >= 0.6 is 0 Å². The number of nitrogens with one attached hydrogen (secondary N) is 1. The summed E-state index contributed by atoms with van der Waals surface area (Å²) >= 11 is 0. The predicted molar refractivity (Wildman–Crippen MR) is 101 cm³/mol. The van der Waals surface area contributed by atoms with E-state index in [1.54, 1.807) is 6.92 Å². The summed E-state index contributed by atoms with van der Waals surface area (Å²) < 4.78 is 10.7. The summed E-state index contributed by atoms with van der Waals surface area (Å²) in [4.78, 5) is 23.9. The summed E-state index contributed by atoms with van der Waals surface area (Å²) in [7, 11) is 0. The highest BCUT2D eigenvalue weighted by atomic mass is 16.5. The van der Waals surface area contributed by atoms with Crippen LogP contribution in [0.15, 0.2) is 48.5 Å². The second-order valence-electron chi connectivity index (χ2n) is 6.25. The highest BCUT2D eigenvalue weighted by molar-refractivity contribution is 5.95. The second-order valence-corrected chi connectivity index (χ2v) is 6.25. The molecule has 0 aromatic heterocycles.